The zero-order chi connectivity index (χ0) is 24.4. The number of benzene rings is 1. The van der Waals surface area contributed by atoms with Crippen LogP contribution in [-0.2, 0) is 9.47 Å². The van der Waals surface area contributed by atoms with Crippen molar-refractivity contribution in [3.8, 4) is 17.3 Å². The normalized spacial score (nSPS) is 24.7. The Bertz CT molecular complexity index is 1220. The third-order valence-corrected chi connectivity index (χ3v) is 7.16. The van der Waals surface area contributed by atoms with Gasteiger partial charge in [0.05, 0.1) is 12.8 Å². The summed E-state index contributed by atoms with van der Waals surface area (Å²) in [6.07, 6.45) is 0.257. The molecule has 0 unspecified atom stereocenters. The van der Waals surface area contributed by atoms with Gasteiger partial charge in [-0.1, -0.05) is 29.1 Å². The monoisotopic (exact) mass is 549 g/mol. The Morgan fingerprint density at radius 3 is 2.85 bits per heavy atom. The molecular weight excluding hydrogens is 529 g/mol. The number of aliphatic hydroxyl groups excluding tert-OH is 2. The van der Waals surface area contributed by atoms with E-state index in [-0.39, 0.29) is 11.5 Å². The fourth-order valence-corrected chi connectivity index (χ4v) is 5.48. The number of aliphatic hydroxyl groups is 2. The lowest BCUT2D eigenvalue weighted by molar-refractivity contribution is -0.186. The molecule has 3 heterocycles. The van der Waals surface area contributed by atoms with Crippen molar-refractivity contribution in [3.05, 3.63) is 58.2 Å². The highest BCUT2D eigenvalue weighted by Gasteiger charge is 2.47. The van der Waals surface area contributed by atoms with E-state index in [9.17, 15) is 19.9 Å². The SMILES string of the molecule is CO[C@@H]1[C@@H](n2cc(-c3ccc(C)c(F)c3)nn2)[C@@H](O)[C@@H](CO)O[C@@H]1Sc1cc(Br)cnc1C#N. The van der Waals surface area contributed by atoms with Crippen molar-refractivity contribution in [3.63, 3.8) is 0 Å². The van der Waals surface area contributed by atoms with Gasteiger partial charge in [0.25, 0.3) is 0 Å². The first-order valence-corrected chi connectivity index (χ1v) is 11.9. The number of ether oxygens (including phenoxy) is 2. The molecule has 1 aliphatic rings. The van der Waals surface area contributed by atoms with E-state index in [1.54, 1.807) is 31.3 Å². The molecule has 5 atom stereocenters. The molecule has 0 bridgehead atoms. The largest absolute Gasteiger partial charge is 0.394 e. The Balaban J connectivity index is 1.68. The topological polar surface area (TPSA) is 126 Å². The molecule has 2 N–H and O–H groups in total. The Labute approximate surface area is 207 Å². The van der Waals surface area contributed by atoms with Gasteiger partial charge in [0, 0.05) is 28.2 Å². The van der Waals surface area contributed by atoms with Crippen LogP contribution in [0.5, 0.6) is 0 Å². The molecule has 2 aromatic heterocycles. The van der Waals surface area contributed by atoms with Gasteiger partial charge < -0.3 is 19.7 Å². The van der Waals surface area contributed by atoms with Crippen LogP contribution >= 0.6 is 27.7 Å². The zero-order valence-corrected chi connectivity index (χ0v) is 20.6. The lowest BCUT2D eigenvalue weighted by atomic mass is 9.97. The van der Waals surface area contributed by atoms with E-state index >= 15 is 0 Å². The first kappa shape index (κ1) is 24.7. The molecule has 0 amide bonds. The molecule has 178 valence electrons. The van der Waals surface area contributed by atoms with Gasteiger partial charge in [-0.05, 0) is 40.5 Å². The second-order valence-corrected chi connectivity index (χ2v) is 9.74. The molecular formula is C22H21BrFN5O4S. The number of nitriles is 1. The van der Waals surface area contributed by atoms with Crippen LogP contribution in [-0.4, -0.2) is 67.7 Å². The first-order chi connectivity index (χ1) is 16.4. The van der Waals surface area contributed by atoms with Gasteiger partial charge in [0.2, 0.25) is 0 Å². The highest BCUT2D eigenvalue weighted by molar-refractivity contribution is 9.10. The van der Waals surface area contributed by atoms with E-state index in [1.165, 1.54) is 35.8 Å². The summed E-state index contributed by atoms with van der Waals surface area (Å²) in [5.41, 5.74) is 0.955. The number of hydrogen-bond donors (Lipinski definition) is 2. The average molecular weight is 550 g/mol. The minimum absolute atomic E-state index is 0.208. The van der Waals surface area contributed by atoms with E-state index in [1.807, 2.05) is 6.07 Å². The Kier molecular flexibility index (Phi) is 7.61. The molecule has 0 radical (unpaired) electrons. The van der Waals surface area contributed by atoms with Crippen molar-refractivity contribution in [2.45, 2.75) is 41.6 Å². The molecule has 34 heavy (non-hydrogen) atoms. The van der Waals surface area contributed by atoms with Crippen molar-refractivity contribution in [1.82, 2.24) is 20.0 Å². The van der Waals surface area contributed by atoms with Gasteiger partial charge >= 0.3 is 0 Å². The molecule has 1 aromatic carbocycles. The number of hydrogen-bond acceptors (Lipinski definition) is 9. The van der Waals surface area contributed by atoms with Gasteiger partial charge in [-0.3, -0.25) is 0 Å². The van der Waals surface area contributed by atoms with Crippen LogP contribution in [0.25, 0.3) is 11.3 Å². The number of thioether (sulfide) groups is 1. The Morgan fingerprint density at radius 2 is 2.18 bits per heavy atom. The maximum atomic E-state index is 14.1. The highest BCUT2D eigenvalue weighted by Crippen LogP contribution is 2.40. The molecule has 4 rings (SSSR count). The van der Waals surface area contributed by atoms with Crippen LogP contribution in [0.1, 0.15) is 17.3 Å². The van der Waals surface area contributed by atoms with Crippen LogP contribution in [0.15, 0.2) is 46.0 Å². The summed E-state index contributed by atoms with van der Waals surface area (Å²) < 4.78 is 27.8. The van der Waals surface area contributed by atoms with Crippen molar-refractivity contribution in [1.29, 1.82) is 5.26 Å². The van der Waals surface area contributed by atoms with Gasteiger partial charge in [-0.2, -0.15) is 5.26 Å². The zero-order valence-electron chi connectivity index (χ0n) is 18.2. The summed E-state index contributed by atoms with van der Waals surface area (Å²) in [5.74, 6) is -0.361. The molecule has 0 saturated carbocycles. The van der Waals surface area contributed by atoms with Crippen molar-refractivity contribution in [2.24, 2.45) is 0 Å². The number of methoxy groups -OCH3 is 1. The number of pyridine rings is 1. The number of rotatable bonds is 6. The lowest BCUT2D eigenvalue weighted by Gasteiger charge is -2.43. The van der Waals surface area contributed by atoms with Crippen LogP contribution in [0.2, 0.25) is 0 Å². The summed E-state index contributed by atoms with van der Waals surface area (Å²) in [4.78, 5) is 4.66. The van der Waals surface area contributed by atoms with Gasteiger partial charge in [0.15, 0.2) is 5.69 Å². The predicted molar refractivity (Wildman–Crippen MR) is 124 cm³/mol. The molecule has 0 spiro atoms. The smallest absolute Gasteiger partial charge is 0.154 e. The first-order valence-electron chi connectivity index (χ1n) is 10.2. The molecule has 1 aliphatic heterocycles. The van der Waals surface area contributed by atoms with Gasteiger partial charge in [-0.25, -0.2) is 14.1 Å². The fraction of sp³-hybridized carbons (Fsp3) is 0.364. The quantitative estimate of drug-likeness (QED) is 0.477. The van der Waals surface area contributed by atoms with E-state index in [0.717, 1.165) is 0 Å². The number of nitrogens with zero attached hydrogens (tertiary/aromatic N) is 5. The Hall–Kier alpha value is -2.40. The third-order valence-electron chi connectivity index (χ3n) is 5.55. The van der Waals surface area contributed by atoms with Crippen LogP contribution < -0.4 is 0 Å². The van der Waals surface area contributed by atoms with Crippen molar-refractivity contribution < 1.29 is 24.1 Å². The van der Waals surface area contributed by atoms with E-state index in [2.05, 4.69) is 31.2 Å². The molecule has 1 fully saturated rings. The fourth-order valence-electron chi connectivity index (χ4n) is 3.74. The van der Waals surface area contributed by atoms with E-state index < -0.39 is 36.4 Å². The maximum Gasteiger partial charge on any atom is 0.154 e. The summed E-state index contributed by atoms with van der Waals surface area (Å²) >= 11 is 4.55. The average Bonchev–Trinajstić information content (AvgIpc) is 3.31. The number of aromatic nitrogens is 4. The third kappa shape index (κ3) is 4.86. The Morgan fingerprint density at radius 1 is 1.38 bits per heavy atom. The van der Waals surface area contributed by atoms with Gasteiger partial charge in [0.1, 0.15) is 47.4 Å². The number of halogens is 2. The number of aryl methyl sites for hydroxylation is 1. The molecule has 12 heteroatoms. The van der Waals surface area contributed by atoms with Crippen molar-refractivity contribution in [2.75, 3.05) is 13.7 Å². The summed E-state index contributed by atoms with van der Waals surface area (Å²) in [5, 5.41) is 38.6. The predicted octanol–water partition coefficient (Wildman–Crippen LogP) is 2.85. The highest BCUT2D eigenvalue weighted by atomic mass is 79.9. The van der Waals surface area contributed by atoms with Crippen LogP contribution in [0.3, 0.4) is 0 Å². The van der Waals surface area contributed by atoms with Crippen LogP contribution in [0, 0.1) is 24.1 Å². The lowest BCUT2D eigenvalue weighted by Crippen LogP contribution is -2.55. The minimum atomic E-state index is -1.17. The van der Waals surface area contributed by atoms with Crippen molar-refractivity contribution >= 4 is 27.7 Å². The van der Waals surface area contributed by atoms with Gasteiger partial charge in [-0.15, -0.1) is 5.10 Å². The second-order valence-electron chi connectivity index (χ2n) is 7.68. The maximum absolute atomic E-state index is 14.1. The minimum Gasteiger partial charge on any atom is -0.394 e. The molecule has 1 saturated heterocycles. The molecule has 0 aliphatic carbocycles. The molecule has 9 nitrogen and oxygen atoms in total. The second kappa shape index (κ2) is 10.5. The standard InChI is InChI=1S/C22H21BrFN5O4S/c1-11-3-4-12(5-14(11)24)16-9-29(28-27-16)19-20(31)17(10-30)33-22(21(19)32-2)34-18-6-13(23)8-26-15(18)7-25/h3-6,8-9,17,19-22,30-31H,10H2,1-2H3/t17-,19+,20+,21-,22-/m1/s1. The summed E-state index contributed by atoms with van der Waals surface area (Å²) in [6.45, 7) is 1.22. The molecule has 3 aromatic rings. The van der Waals surface area contributed by atoms with Crippen LogP contribution in [0.4, 0.5) is 4.39 Å². The summed E-state index contributed by atoms with van der Waals surface area (Å²) in [7, 11) is 1.47. The van der Waals surface area contributed by atoms with E-state index in [0.29, 0.717) is 26.2 Å². The summed E-state index contributed by atoms with van der Waals surface area (Å²) in [6, 6.07) is 7.76. The van der Waals surface area contributed by atoms with E-state index in [4.69, 9.17) is 9.47 Å².